The molecule has 1 rings (SSSR count). The van der Waals surface area contributed by atoms with E-state index >= 15 is 0 Å². The molecule has 0 bridgehead atoms. The van der Waals surface area contributed by atoms with Gasteiger partial charge >= 0.3 is 5.97 Å². The molecule has 0 amide bonds. The van der Waals surface area contributed by atoms with Gasteiger partial charge in [0.1, 0.15) is 0 Å². The van der Waals surface area contributed by atoms with Crippen LogP contribution in [0.3, 0.4) is 0 Å². The lowest BCUT2D eigenvalue weighted by Crippen LogP contribution is -2.20. The molecule has 18 heavy (non-hydrogen) atoms. The molecule has 0 heterocycles. The first kappa shape index (κ1) is 14.9. The summed E-state index contributed by atoms with van der Waals surface area (Å²) in [5, 5.41) is 0. The van der Waals surface area contributed by atoms with Gasteiger partial charge in [-0.05, 0) is 25.0 Å². The molecular formula is C14H20O3S. The molecule has 0 aliphatic heterocycles. The highest BCUT2D eigenvalue weighted by Gasteiger charge is 2.17. The van der Waals surface area contributed by atoms with Crippen molar-refractivity contribution in [3.63, 3.8) is 0 Å². The van der Waals surface area contributed by atoms with Crippen molar-refractivity contribution < 1.29 is 13.7 Å². The van der Waals surface area contributed by atoms with Crippen LogP contribution >= 0.6 is 0 Å². The number of esters is 1. The van der Waals surface area contributed by atoms with E-state index in [9.17, 15) is 9.00 Å². The summed E-state index contributed by atoms with van der Waals surface area (Å²) in [5.74, 6) is 0.222. The van der Waals surface area contributed by atoms with Crippen molar-refractivity contribution in [2.75, 3.05) is 12.9 Å². The highest BCUT2D eigenvalue weighted by molar-refractivity contribution is 7.84. The zero-order valence-corrected chi connectivity index (χ0v) is 12.2. The van der Waals surface area contributed by atoms with E-state index < -0.39 is 10.8 Å². The number of carbonyl (C=O) groups excluding carboxylic acids is 1. The maximum atomic E-state index is 12.0. The number of hydrogen-bond acceptors (Lipinski definition) is 3. The Morgan fingerprint density at radius 1 is 1.39 bits per heavy atom. The molecule has 0 N–H and O–H groups in total. The molecular weight excluding hydrogens is 248 g/mol. The van der Waals surface area contributed by atoms with E-state index in [0.29, 0.717) is 11.5 Å². The lowest BCUT2D eigenvalue weighted by Gasteiger charge is -2.10. The van der Waals surface area contributed by atoms with Crippen molar-refractivity contribution in [3.05, 3.63) is 34.9 Å². The molecule has 1 aromatic carbocycles. The van der Waals surface area contributed by atoms with Crippen LogP contribution in [0.25, 0.3) is 0 Å². The van der Waals surface area contributed by atoms with E-state index in [-0.39, 0.29) is 11.9 Å². The zero-order valence-electron chi connectivity index (χ0n) is 11.4. The summed E-state index contributed by atoms with van der Waals surface area (Å²) in [5.41, 5.74) is 3.39. The standard InChI is InChI=1S/C14H20O3S/c1-10-5-6-11(2)13(7-10)9-18(16)8-12(3)14(15)17-4/h5-7,12H,8-9H2,1-4H3. The predicted octanol–water partition coefficient (Wildman–Crippen LogP) is 2.36. The molecule has 0 fully saturated rings. The Kier molecular flexibility index (Phi) is 5.54. The first-order valence-corrected chi connectivity index (χ1v) is 7.41. The molecule has 0 saturated heterocycles. The smallest absolute Gasteiger partial charge is 0.309 e. The van der Waals surface area contributed by atoms with Gasteiger partial charge in [0.2, 0.25) is 0 Å². The molecule has 2 atom stereocenters. The minimum Gasteiger partial charge on any atom is -0.469 e. The second-order valence-electron chi connectivity index (χ2n) is 4.60. The van der Waals surface area contributed by atoms with Crippen LogP contribution in [-0.2, 0) is 26.1 Å². The Bertz CT molecular complexity index is 454. The normalized spacial score (nSPS) is 14.0. The average Bonchev–Trinajstić information content (AvgIpc) is 2.32. The van der Waals surface area contributed by atoms with Crippen LogP contribution in [0.5, 0.6) is 0 Å². The fourth-order valence-electron chi connectivity index (χ4n) is 1.74. The first-order chi connectivity index (χ1) is 8.43. The average molecular weight is 268 g/mol. The summed E-state index contributed by atoms with van der Waals surface area (Å²) < 4.78 is 16.6. The van der Waals surface area contributed by atoms with Crippen LogP contribution in [0.15, 0.2) is 18.2 Å². The van der Waals surface area contributed by atoms with Gasteiger partial charge in [-0.3, -0.25) is 9.00 Å². The maximum absolute atomic E-state index is 12.0. The number of rotatable bonds is 5. The third kappa shape index (κ3) is 4.26. The molecule has 0 aliphatic rings. The van der Waals surface area contributed by atoms with Gasteiger partial charge in [0.15, 0.2) is 0 Å². The second kappa shape index (κ2) is 6.69. The highest BCUT2D eigenvalue weighted by Crippen LogP contribution is 2.14. The minimum atomic E-state index is -1.04. The van der Waals surface area contributed by atoms with Gasteiger partial charge in [0.25, 0.3) is 0 Å². The quantitative estimate of drug-likeness (QED) is 0.770. The van der Waals surface area contributed by atoms with Crippen molar-refractivity contribution in [2.24, 2.45) is 5.92 Å². The molecule has 0 aliphatic carbocycles. The Morgan fingerprint density at radius 2 is 2.06 bits per heavy atom. The molecule has 1 aromatic rings. The van der Waals surface area contributed by atoms with Gasteiger partial charge in [-0.2, -0.15) is 0 Å². The fourth-order valence-corrected chi connectivity index (χ4v) is 3.21. The maximum Gasteiger partial charge on any atom is 0.309 e. The monoisotopic (exact) mass is 268 g/mol. The van der Waals surface area contributed by atoms with E-state index in [0.717, 1.165) is 16.7 Å². The zero-order chi connectivity index (χ0) is 13.7. The van der Waals surface area contributed by atoms with Crippen molar-refractivity contribution in [3.8, 4) is 0 Å². The largest absolute Gasteiger partial charge is 0.469 e. The van der Waals surface area contributed by atoms with Crippen molar-refractivity contribution >= 4 is 16.8 Å². The number of hydrogen-bond donors (Lipinski definition) is 0. The van der Waals surface area contributed by atoms with Crippen LogP contribution in [0.4, 0.5) is 0 Å². The van der Waals surface area contributed by atoms with Crippen LogP contribution in [0, 0.1) is 19.8 Å². The molecule has 0 saturated carbocycles. The van der Waals surface area contributed by atoms with Gasteiger partial charge in [-0.1, -0.05) is 30.7 Å². The lowest BCUT2D eigenvalue weighted by atomic mass is 10.1. The Hall–Kier alpha value is -1.16. The first-order valence-electron chi connectivity index (χ1n) is 5.93. The molecule has 4 heteroatoms. The molecule has 0 spiro atoms. The van der Waals surface area contributed by atoms with Crippen LogP contribution in [0.2, 0.25) is 0 Å². The topological polar surface area (TPSA) is 43.4 Å². The van der Waals surface area contributed by atoms with E-state index in [1.54, 1.807) is 6.92 Å². The lowest BCUT2D eigenvalue weighted by molar-refractivity contribution is -0.144. The third-order valence-corrected chi connectivity index (χ3v) is 4.37. The SMILES string of the molecule is COC(=O)C(C)CS(=O)Cc1cc(C)ccc1C. The van der Waals surface area contributed by atoms with Crippen LogP contribution in [-0.4, -0.2) is 23.0 Å². The van der Waals surface area contributed by atoms with Crippen LogP contribution in [0.1, 0.15) is 23.6 Å². The van der Waals surface area contributed by atoms with Crippen LogP contribution < -0.4 is 0 Å². The van der Waals surface area contributed by atoms with Crippen molar-refractivity contribution in [2.45, 2.75) is 26.5 Å². The van der Waals surface area contributed by atoms with Crippen molar-refractivity contribution in [1.82, 2.24) is 0 Å². The number of carbonyl (C=O) groups is 1. The summed E-state index contributed by atoms with van der Waals surface area (Å²) in [6.45, 7) is 5.77. The summed E-state index contributed by atoms with van der Waals surface area (Å²) in [7, 11) is 0.311. The predicted molar refractivity (Wildman–Crippen MR) is 73.8 cm³/mol. The number of benzene rings is 1. The Morgan fingerprint density at radius 3 is 2.67 bits per heavy atom. The minimum absolute atomic E-state index is 0.302. The fraction of sp³-hybridized carbons (Fsp3) is 0.500. The second-order valence-corrected chi connectivity index (χ2v) is 6.11. The van der Waals surface area contributed by atoms with Gasteiger partial charge in [0, 0.05) is 22.3 Å². The summed E-state index contributed by atoms with van der Waals surface area (Å²) in [6.07, 6.45) is 0. The summed E-state index contributed by atoms with van der Waals surface area (Å²) in [4.78, 5) is 11.3. The van der Waals surface area contributed by atoms with E-state index in [2.05, 4.69) is 10.8 Å². The Balaban J connectivity index is 2.65. The van der Waals surface area contributed by atoms with Gasteiger partial charge < -0.3 is 4.74 Å². The van der Waals surface area contributed by atoms with Gasteiger partial charge in [0.05, 0.1) is 13.0 Å². The van der Waals surface area contributed by atoms with E-state index in [1.807, 2.05) is 26.0 Å². The Labute approximate surface area is 111 Å². The number of ether oxygens (including phenoxy) is 1. The molecule has 0 aromatic heterocycles. The van der Waals surface area contributed by atoms with E-state index in [1.165, 1.54) is 7.11 Å². The number of methoxy groups -OCH3 is 1. The molecule has 0 radical (unpaired) electrons. The summed E-state index contributed by atoms with van der Waals surface area (Å²) in [6, 6.07) is 6.13. The highest BCUT2D eigenvalue weighted by atomic mass is 32.2. The molecule has 3 nitrogen and oxygen atoms in total. The van der Waals surface area contributed by atoms with Crippen molar-refractivity contribution in [1.29, 1.82) is 0 Å². The molecule has 2 unspecified atom stereocenters. The van der Waals surface area contributed by atoms with Gasteiger partial charge in [-0.15, -0.1) is 0 Å². The number of aryl methyl sites for hydroxylation is 2. The summed E-state index contributed by atoms with van der Waals surface area (Å²) >= 11 is 0. The molecule has 100 valence electrons. The van der Waals surface area contributed by atoms with Gasteiger partial charge in [-0.25, -0.2) is 0 Å². The third-order valence-electron chi connectivity index (χ3n) is 2.86. The van der Waals surface area contributed by atoms with E-state index in [4.69, 9.17) is 0 Å².